The van der Waals surface area contributed by atoms with E-state index in [1.54, 1.807) is 0 Å². The zero-order valence-electron chi connectivity index (χ0n) is 6.76. The van der Waals surface area contributed by atoms with Crippen LogP contribution in [0.1, 0.15) is 13.8 Å². The highest BCUT2D eigenvalue weighted by atomic mass is 19.0. The molecule has 0 saturated carbocycles. The maximum atomic E-state index is 2.23. The first-order valence-electron chi connectivity index (χ1n) is 3.51. The fraction of sp³-hybridized carbons (Fsp3) is 0.714. The van der Waals surface area contributed by atoms with Crippen molar-refractivity contribution in [2.24, 2.45) is 0 Å². The summed E-state index contributed by atoms with van der Waals surface area (Å²) < 4.78 is 0. The van der Waals surface area contributed by atoms with Gasteiger partial charge in [0.25, 0.3) is 0 Å². The fourth-order valence-electron chi connectivity index (χ4n) is 1.16. The first-order valence-corrected chi connectivity index (χ1v) is 3.51. The minimum Gasteiger partial charge on any atom is -1.00 e. The van der Waals surface area contributed by atoms with E-state index < -0.39 is 0 Å². The molecule has 1 aliphatic rings. The summed E-state index contributed by atoms with van der Waals surface area (Å²) in [5.41, 5.74) is 0. The van der Waals surface area contributed by atoms with Crippen LogP contribution in [-0.4, -0.2) is 24.7 Å². The summed E-state index contributed by atoms with van der Waals surface area (Å²) in [5.74, 6) is 0. The molecule has 2 unspecified atom stereocenters. The molecule has 3 heteroatoms. The average Bonchev–Trinajstić information content (AvgIpc) is 2.15. The molecule has 0 spiro atoms. The Morgan fingerprint density at radius 3 is 2.40 bits per heavy atom. The zero-order valence-corrected chi connectivity index (χ0v) is 6.76. The number of hydrogen-bond donors (Lipinski definition) is 1. The standard InChI is InChI=1S/C7H14N2.FH/c1-4-9-6-5-8(3)7(9)2;/h5-7H,4H2,1-3H3;1H. The predicted molar refractivity (Wildman–Crippen MR) is 37.9 cm³/mol. The third kappa shape index (κ3) is 1.48. The van der Waals surface area contributed by atoms with Crippen LogP contribution in [0.25, 0.3) is 0 Å². The molecule has 0 aromatic carbocycles. The molecule has 10 heavy (non-hydrogen) atoms. The van der Waals surface area contributed by atoms with Gasteiger partial charge in [-0.3, -0.25) is 4.90 Å². The number of nitrogens with zero attached hydrogens (tertiary/aromatic N) is 1. The third-order valence-electron chi connectivity index (χ3n) is 2.08. The summed E-state index contributed by atoms with van der Waals surface area (Å²) in [5, 5.41) is 0. The van der Waals surface area contributed by atoms with Gasteiger partial charge in [0.2, 0.25) is 0 Å². The van der Waals surface area contributed by atoms with Crippen LogP contribution in [0.3, 0.4) is 0 Å². The van der Waals surface area contributed by atoms with Crippen LogP contribution in [0, 0.1) is 0 Å². The van der Waals surface area contributed by atoms with Crippen LogP contribution in [0.4, 0.5) is 0 Å². The number of halogens is 1. The lowest BCUT2D eigenvalue weighted by Gasteiger charge is -2.19. The van der Waals surface area contributed by atoms with E-state index in [4.69, 9.17) is 0 Å². The molecule has 0 aromatic rings. The normalized spacial score (nSPS) is 30.5. The maximum Gasteiger partial charge on any atom is 0.164 e. The molecule has 2 nitrogen and oxygen atoms in total. The van der Waals surface area contributed by atoms with E-state index in [0.29, 0.717) is 6.17 Å². The molecule has 0 radical (unpaired) electrons. The monoisotopic (exact) mass is 146 g/mol. The Balaban J connectivity index is 0.000000810. The summed E-state index contributed by atoms with van der Waals surface area (Å²) in [6.07, 6.45) is 4.99. The van der Waals surface area contributed by atoms with Crippen molar-refractivity contribution in [3.05, 3.63) is 12.4 Å². The first kappa shape index (κ1) is 9.43. The van der Waals surface area contributed by atoms with Crippen LogP contribution in [0.2, 0.25) is 0 Å². The van der Waals surface area contributed by atoms with Gasteiger partial charge in [-0.05, 0) is 6.92 Å². The van der Waals surface area contributed by atoms with Gasteiger partial charge in [0, 0.05) is 14.0 Å². The highest BCUT2D eigenvalue weighted by Crippen LogP contribution is 1.92. The summed E-state index contributed by atoms with van der Waals surface area (Å²) in [6, 6.07) is 0. The number of rotatable bonds is 1. The molecule has 1 aliphatic heterocycles. The molecule has 0 aliphatic carbocycles. The van der Waals surface area contributed by atoms with Gasteiger partial charge in [-0.25, -0.2) is 0 Å². The Morgan fingerprint density at radius 2 is 2.20 bits per heavy atom. The van der Waals surface area contributed by atoms with Crippen LogP contribution in [-0.2, 0) is 0 Å². The minimum absolute atomic E-state index is 0. The van der Waals surface area contributed by atoms with Crippen LogP contribution < -0.4 is 9.60 Å². The Hall–Kier alpha value is -0.570. The van der Waals surface area contributed by atoms with E-state index in [1.807, 2.05) is 0 Å². The van der Waals surface area contributed by atoms with E-state index in [2.05, 4.69) is 38.2 Å². The Labute approximate surface area is 61.5 Å². The Bertz CT molecular complexity index is 125. The van der Waals surface area contributed by atoms with E-state index >= 15 is 0 Å². The summed E-state index contributed by atoms with van der Waals surface area (Å²) >= 11 is 0. The molecule has 1 rings (SSSR count). The predicted octanol–water partition coefficient (Wildman–Crippen LogP) is -3.34. The van der Waals surface area contributed by atoms with Gasteiger partial charge in [0.05, 0.1) is 12.7 Å². The lowest BCUT2D eigenvalue weighted by atomic mass is 10.5. The molecule has 60 valence electrons. The second kappa shape index (κ2) is 3.56. The van der Waals surface area contributed by atoms with Gasteiger partial charge >= 0.3 is 0 Å². The topological polar surface area (TPSA) is 7.68 Å². The van der Waals surface area contributed by atoms with Crippen molar-refractivity contribution in [2.75, 3.05) is 13.6 Å². The lowest BCUT2D eigenvalue weighted by Crippen LogP contribution is -3.10. The third-order valence-corrected chi connectivity index (χ3v) is 2.08. The molecule has 0 saturated heterocycles. The molecule has 0 fully saturated rings. The van der Waals surface area contributed by atoms with Crippen molar-refractivity contribution < 1.29 is 9.60 Å². The number of nitrogens with one attached hydrogen (secondary N) is 1. The minimum atomic E-state index is 0. The van der Waals surface area contributed by atoms with Gasteiger partial charge in [0.1, 0.15) is 6.20 Å². The Morgan fingerprint density at radius 1 is 1.60 bits per heavy atom. The largest absolute Gasteiger partial charge is 1.00 e. The van der Waals surface area contributed by atoms with Crippen LogP contribution in [0.5, 0.6) is 0 Å². The van der Waals surface area contributed by atoms with E-state index in [0.717, 1.165) is 0 Å². The van der Waals surface area contributed by atoms with Gasteiger partial charge in [-0.1, -0.05) is 0 Å². The molecule has 1 heterocycles. The van der Waals surface area contributed by atoms with E-state index in [-0.39, 0.29) is 4.70 Å². The highest BCUT2D eigenvalue weighted by Gasteiger charge is 2.21. The van der Waals surface area contributed by atoms with E-state index in [9.17, 15) is 0 Å². The van der Waals surface area contributed by atoms with Gasteiger partial charge in [-0.2, -0.15) is 0 Å². The molecule has 0 bridgehead atoms. The summed E-state index contributed by atoms with van der Waals surface area (Å²) in [6.45, 7) is 5.62. The Kier molecular flexibility index (Phi) is 3.36. The van der Waals surface area contributed by atoms with Crippen LogP contribution >= 0.6 is 0 Å². The van der Waals surface area contributed by atoms with Gasteiger partial charge < -0.3 is 9.60 Å². The van der Waals surface area contributed by atoms with Crippen molar-refractivity contribution in [3.8, 4) is 0 Å². The van der Waals surface area contributed by atoms with Crippen molar-refractivity contribution >= 4 is 0 Å². The molecule has 1 N–H and O–H groups in total. The van der Waals surface area contributed by atoms with Crippen molar-refractivity contribution in [1.82, 2.24) is 4.90 Å². The van der Waals surface area contributed by atoms with Crippen molar-refractivity contribution in [2.45, 2.75) is 20.0 Å². The number of quaternary nitrogens is 1. The smallest absolute Gasteiger partial charge is 0.164 e. The zero-order chi connectivity index (χ0) is 6.85. The lowest BCUT2D eigenvalue weighted by molar-refractivity contribution is -0.873. The van der Waals surface area contributed by atoms with Crippen LogP contribution in [0.15, 0.2) is 12.4 Å². The van der Waals surface area contributed by atoms with Gasteiger partial charge in [0.15, 0.2) is 6.17 Å². The molecular weight excluding hydrogens is 131 g/mol. The summed E-state index contributed by atoms with van der Waals surface area (Å²) in [4.78, 5) is 3.77. The molecule has 0 aromatic heterocycles. The average molecular weight is 146 g/mol. The van der Waals surface area contributed by atoms with Crippen molar-refractivity contribution in [3.63, 3.8) is 0 Å². The number of hydrogen-bond acceptors (Lipinski definition) is 1. The summed E-state index contributed by atoms with van der Waals surface area (Å²) in [7, 11) is 2.11. The van der Waals surface area contributed by atoms with Crippen molar-refractivity contribution in [1.29, 1.82) is 0 Å². The molecular formula is C7H15FN2. The first-order chi connectivity index (χ1) is 4.25. The molecule has 2 atom stereocenters. The van der Waals surface area contributed by atoms with Gasteiger partial charge in [-0.15, -0.1) is 0 Å². The van der Waals surface area contributed by atoms with E-state index in [1.165, 1.54) is 11.4 Å². The quantitative estimate of drug-likeness (QED) is 0.406. The highest BCUT2D eigenvalue weighted by molar-refractivity contribution is 4.78. The second-order valence-corrected chi connectivity index (χ2v) is 2.59. The maximum absolute atomic E-state index is 2.23. The fourth-order valence-corrected chi connectivity index (χ4v) is 1.16. The second-order valence-electron chi connectivity index (χ2n) is 2.59. The SMILES string of the molecule is CC[NH+]1C=CN(C)C1C.[F-]. The molecule has 0 amide bonds.